The van der Waals surface area contributed by atoms with Crippen LogP contribution in [0.25, 0.3) is 110 Å². The molecule has 256 valence electrons. The fraction of sp³-hybridized carbons (Fsp3) is 0. The molecule has 0 aliphatic rings. The van der Waals surface area contributed by atoms with Gasteiger partial charge in [0, 0.05) is 21.9 Å². The fourth-order valence-corrected chi connectivity index (χ4v) is 9.09. The van der Waals surface area contributed by atoms with Crippen molar-refractivity contribution in [2.45, 2.75) is 0 Å². The third-order valence-electron chi connectivity index (χ3n) is 11.5. The number of benzene rings is 10. The maximum atomic E-state index is 3.83. The van der Waals surface area contributed by atoms with Gasteiger partial charge in [-0.3, -0.25) is 0 Å². The van der Waals surface area contributed by atoms with Crippen LogP contribution in [0.4, 0.5) is 0 Å². The van der Waals surface area contributed by atoms with E-state index in [0.29, 0.717) is 0 Å². The minimum atomic E-state index is 1.15. The van der Waals surface area contributed by atoms with Gasteiger partial charge in [-0.1, -0.05) is 200 Å². The number of para-hydroxylation sites is 2. The number of fused-ring (bicyclic) bond motifs is 9. The summed E-state index contributed by atoms with van der Waals surface area (Å²) in [6, 6.07) is 75.5. The van der Waals surface area contributed by atoms with Crippen LogP contribution in [0.5, 0.6) is 0 Å². The average molecular weight is 698 g/mol. The van der Waals surface area contributed by atoms with E-state index < -0.39 is 0 Å². The second-order valence-electron chi connectivity index (χ2n) is 14.4. The lowest BCUT2D eigenvalue weighted by Crippen LogP contribution is -1.96. The Bertz CT molecular complexity index is 3210. The largest absolute Gasteiger partial charge is 0.354 e. The van der Waals surface area contributed by atoms with Gasteiger partial charge in [0.25, 0.3) is 0 Å². The Morgan fingerprint density at radius 1 is 0.236 bits per heavy atom. The van der Waals surface area contributed by atoms with Gasteiger partial charge in [0.2, 0.25) is 0 Å². The lowest BCUT2D eigenvalue weighted by atomic mass is 9.81. The molecule has 1 heterocycles. The fourth-order valence-electron chi connectivity index (χ4n) is 9.09. The molecule has 11 aromatic rings. The summed E-state index contributed by atoms with van der Waals surface area (Å²) in [6.45, 7) is 0. The van der Waals surface area contributed by atoms with Crippen molar-refractivity contribution in [3.05, 3.63) is 206 Å². The van der Waals surface area contributed by atoms with E-state index in [2.05, 4.69) is 211 Å². The minimum absolute atomic E-state index is 1.15. The summed E-state index contributed by atoms with van der Waals surface area (Å²) in [7, 11) is 0. The molecule has 1 aromatic heterocycles. The first kappa shape index (κ1) is 31.3. The Balaban J connectivity index is 1.27. The topological polar surface area (TPSA) is 15.8 Å². The molecule has 10 aromatic carbocycles. The van der Waals surface area contributed by atoms with Gasteiger partial charge in [-0.25, -0.2) is 0 Å². The second-order valence-corrected chi connectivity index (χ2v) is 14.4. The molecular formula is C54H35N. The summed E-state index contributed by atoms with van der Waals surface area (Å²) in [4.78, 5) is 3.83. The molecule has 0 unspecified atom stereocenters. The van der Waals surface area contributed by atoms with Crippen LogP contribution in [-0.2, 0) is 0 Å². The van der Waals surface area contributed by atoms with Crippen LogP contribution in [0.15, 0.2) is 206 Å². The smallest absolute Gasteiger partial charge is 0.0544 e. The highest BCUT2D eigenvalue weighted by Gasteiger charge is 2.23. The zero-order valence-corrected chi connectivity index (χ0v) is 30.1. The predicted octanol–water partition coefficient (Wildman–Crippen LogP) is 15.1. The van der Waals surface area contributed by atoms with Crippen molar-refractivity contribution in [3.8, 4) is 55.6 Å². The van der Waals surface area contributed by atoms with Crippen LogP contribution in [0.3, 0.4) is 0 Å². The number of nitrogens with one attached hydrogen (secondary N) is 1. The van der Waals surface area contributed by atoms with Gasteiger partial charge in [0.05, 0.1) is 5.52 Å². The zero-order chi connectivity index (χ0) is 36.3. The summed E-state index contributed by atoms with van der Waals surface area (Å²) in [5.41, 5.74) is 14.4. The van der Waals surface area contributed by atoms with Crippen molar-refractivity contribution in [1.29, 1.82) is 0 Å². The molecule has 11 rings (SSSR count). The number of rotatable bonds is 5. The lowest BCUT2D eigenvalue weighted by molar-refractivity contribution is 1.52. The van der Waals surface area contributed by atoms with E-state index in [0.717, 1.165) is 11.0 Å². The van der Waals surface area contributed by atoms with Crippen molar-refractivity contribution in [2.75, 3.05) is 0 Å². The molecule has 1 heteroatoms. The Kier molecular flexibility index (Phi) is 7.25. The first-order chi connectivity index (χ1) is 27.3. The molecule has 1 nitrogen and oxygen atoms in total. The first-order valence-corrected chi connectivity index (χ1v) is 19.0. The van der Waals surface area contributed by atoms with Crippen molar-refractivity contribution in [1.82, 2.24) is 4.98 Å². The molecule has 0 spiro atoms. The first-order valence-electron chi connectivity index (χ1n) is 19.0. The zero-order valence-electron chi connectivity index (χ0n) is 30.1. The molecule has 0 radical (unpaired) electrons. The highest BCUT2D eigenvalue weighted by molar-refractivity contribution is 6.29. The number of hydrogen-bond acceptors (Lipinski definition) is 0. The molecule has 0 saturated carbocycles. The summed E-state index contributed by atoms with van der Waals surface area (Å²) in [5.74, 6) is 0. The van der Waals surface area contributed by atoms with Gasteiger partial charge in [-0.2, -0.15) is 0 Å². The quantitative estimate of drug-likeness (QED) is 0.172. The average Bonchev–Trinajstić information content (AvgIpc) is 3.65. The molecule has 0 aliphatic carbocycles. The maximum Gasteiger partial charge on any atom is 0.0544 e. The van der Waals surface area contributed by atoms with E-state index in [1.54, 1.807) is 0 Å². The van der Waals surface area contributed by atoms with Crippen LogP contribution in [0.1, 0.15) is 0 Å². The normalized spacial score (nSPS) is 11.6. The monoisotopic (exact) mass is 697 g/mol. The SMILES string of the molecule is c1ccc(-c2ccccc2-c2cccc(-c3cccc4c3[nH]c3ccccc34)c2-c2ccccc2-c2cccc3c4ccccc4c4ccccc4c23)cc1. The Labute approximate surface area is 319 Å². The third-order valence-corrected chi connectivity index (χ3v) is 11.5. The molecule has 0 saturated heterocycles. The molecule has 0 aliphatic heterocycles. The van der Waals surface area contributed by atoms with Gasteiger partial charge in [-0.15, -0.1) is 0 Å². The molecule has 0 fully saturated rings. The highest BCUT2D eigenvalue weighted by Crippen LogP contribution is 2.49. The van der Waals surface area contributed by atoms with Gasteiger partial charge < -0.3 is 4.98 Å². The van der Waals surface area contributed by atoms with Gasteiger partial charge in [-0.05, 0) is 88.5 Å². The number of aromatic nitrogens is 1. The standard InChI is InChI=1S/C54H35N/c1-2-17-35(18-3-1)36-19-4-5-20-37(36)45-28-15-31-48(50-33-16-32-49-42-25-12-13-34-51(42)55-54(49)50)53(45)44-27-11-9-24-41(44)47-30-14-29-46-40-22-7-6-21-38(40)39-23-8-10-26-43(39)52(46)47/h1-34,55H. The van der Waals surface area contributed by atoms with E-state index in [1.165, 1.54) is 98.7 Å². The van der Waals surface area contributed by atoms with Crippen LogP contribution < -0.4 is 0 Å². The Morgan fingerprint density at radius 2 is 0.655 bits per heavy atom. The van der Waals surface area contributed by atoms with E-state index in [4.69, 9.17) is 0 Å². The lowest BCUT2D eigenvalue weighted by Gasteiger charge is -2.22. The summed E-state index contributed by atoms with van der Waals surface area (Å²) in [6.07, 6.45) is 0. The molecule has 0 atom stereocenters. The minimum Gasteiger partial charge on any atom is -0.354 e. The summed E-state index contributed by atoms with van der Waals surface area (Å²) in [5, 5.41) is 10.1. The molecule has 0 amide bonds. The van der Waals surface area contributed by atoms with Crippen LogP contribution in [0.2, 0.25) is 0 Å². The van der Waals surface area contributed by atoms with Crippen molar-refractivity contribution in [3.63, 3.8) is 0 Å². The molecule has 0 bridgehead atoms. The van der Waals surface area contributed by atoms with Crippen molar-refractivity contribution >= 4 is 54.1 Å². The van der Waals surface area contributed by atoms with Crippen molar-refractivity contribution < 1.29 is 0 Å². The van der Waals surface area contributed by atoms with E-state index in [1.807, 2.05) is 0 Å². The van der Waals surface area contributed by atoms with Gasteiger partial charge in [0.15, 0.2) is 0 Å². The van der Waals surface area contributed by atoms with Gasteiger partial charge in [0.1, 0.15) is 0 Å². The van der Waals surface area contributed by atoms with E-state index in [9.17, 15) is 0 Å². The van der Waals surface area contributed by atoms with Gasteiger partial charge >= 0.3 is 0 Å². The number of H-pyrrole nitrogens is 1. The second kappa shape index (κ2) is 12.7. The maximum absolute atomic E-state index is 3.83. The summed E-state index contributed by atoms with van der Waals surface area (Å²) >= 11 is 0. The van der Waals surface area contributed by atoms with Crippen molar-refractivity contribution in [2.24, 2.45) is 0 Å². The summed E-state index contributed by atoms with van der Waals surface area (Å²) < 4.78 is 0. The molecule has 1 N–H and O–H groups in total. The molecular weight excluding hydrogens is 663 g/mol. The highest BCUT2D eigenvalue weighted by atomic mass is 14.7. The van der Waals surface area contributed by atoms with Crippen LogP contribution >= 0.6 is 0 Å². The van der Waals surface area contributed by atoms with Crippen LogP contribution in [-0.4, -0.2) is 4.98 Å². The Morgan fingerprint density at radius 3 is 1.36 bits per heavy atom. The predicted molar refractivity (Wildman–Crippen MR) is 236 cm³/mol. The number of hydrogen-bond donors (Lipinski definition) is 1. The van der Waals surface area contributed by atoms with E-state index >= 15 is 0 Å². The third kappa shape index (κ3) is 4.94. The Hall–Kier alpha value is -7.22. The van der Waals surface area contributed by atoms with Crippen LogP contribution in [0, 0.1) is 0 Å². The molecule has 55 heavy (non-hydrogen) atoms. The van der Waals surface area contributed by atoms with E-state index in [-0.39, 0.29) is 0 Å². The number of aromatic amines is 1.